The molecule has 0 aliphatic carbocycles. The van der Waals surface area contributed by atoms with Crippen LogP contribution < -0.4 is 0 Å². The zero-order valence-corrected chi connectivity index (χ0v) is 39.3. The molecule has 6 heteroatoms. The van der Waals surface area contributed by atoms with Gasteiger partial charge in [0.25, 0.3) is 0 Å². The number of hydrogen-bond donors (Lipinski definition) is 0. The molecule has 0 aromatic rings. The summed E-state index contributed by atoms with van der Waals surface area (Å²) in [6, 6.07) is 0. The van der Waals surface area contributed by atoms with Crippen molar-refractivity contribution in [2.24, 2.45) is 0 Å². The number of carbonyl (C=O) groups is 3. The van der Waals surface area contributed by atoms with E-state index >= 15 is 0 Å². The number of ether oxygens (including phenoxy) is 3. The zero-order chi connectivity index (χ0) is 43.0. The van der Waals surface area contributed by atoms with E-state index in [2.05, 4.69) is 57.2 Å². The number of rotatable bonds is 46. The second-order valence-corrected chi connectivity index (χ2v) is 17.1. The highest BCUT2D eigenvalue weighted by molar-refractivity contribution is 5.71. The number of unbranched alkanes of at least 4 members (excludes halogenated alkanes) is 29. The van der Waals surface area contributed by atoms with Crippen molar-refractivity contribution in [3.8, 4) is 0 Å². The molecule has 0 saturated carbocycles. The van der Waals surface area contributed by atoms with Gasteiger partial charge in [0.15, 0.2) is 6.10 Å². The average molecular weight is 829 g/mol. The van der Waals surface area contributed by atoms with E-state index in [0.29, 0.717) is 19.3 Å². The molecule has 0 aliphatic heterocycles. The summed E-state index contributed by atoms with van der Waals surface area (Å²) in [5.74, 6) is -0.900. The lowest BCUT2D eigenvalue weighted by molar-refractivity contribution is -0.167. The molecule has 6 nitrogen and oxygen atoms in total. The fraction of sp³-hybridized carbons (Fsp3) is 0.830. The normalized spacial score (nSPS) is 12.3. The van der Waals surface area contributed by atoms with Crippen molar-refractivity contribution >= 4 is 17.9 Å². The van der Waals surface area contributed by atoms with Gasteiger partial charge in [-0.15, -0.1) is 0 Å². The number of allylic oxidation sites excluding steroid dienone is 6. The Kier molecular flexibility index (Phi) is 46.4. The van der Waals surface area contributed by atoms with Crippen LogP contribution >= 0.6 is 0 Å². The highest BCUT2D eigenvalue weighted by Gasteiger charge is 2.19. The Labute approximate surface area is 365 Å². The van der Waals surface area contributed by atoms with E-state index in [4.69, 9.17) is 14.2 Å². The van der Waals surface area contributed by atoms with Crippen LogP contribution in [0.15, 0.2) is 36.5 Å². The minimum Gasteiger partial charge on any atom is -0.462 e. The summed E-state index contributed by atoms with van der Waals surface area (Å²) in [6.07, 6.45) is 55.5. The number of hydrogen-bond acceptors (Lipinski definition) is 6. The lowest BCUT2D eigenvalue weighted by Gasteiger charge is -2.18. The van der Waals surface area contributed by atoms with Gasteiger partial charge in [-0.1, -0.05) is 186 Å². The van der Waals surface area contributed by atoms with Gasteiger partial charge in [-0.25, -0.2) is 0 Å². The molecule has 0 aromatic heterocycles. The van der Waals surface area contributed by atoms with E-state index in [1.165, 1.54) is 141 Å². The predicted octanol–water partition coefficient (Wildman–Crippen LogP) is 16.5. The van der Waals surface area contributed by atoms with Gasteiger partial charge in [0, 0.05) is 19.3 Å². The molecular formula is C53H96O6. The molecule has 0 fully saturated rings. The Morgan fingerprint density at radius 1 is 0.322 bits per heavy atom. The standard InChI is InChI=1S/C53H96O6/c1-4-7-10-13-16-19-22-25-26-27-29-31-34-37-40-43-46-52(55)58-49-50(48-57-51(54)45-42-39-36-33-30-24-21-18-15-12-9-6-3)59-53(56)47-44-41-38-35-32-28-23-20-17-14-11-8-5-2/h18,20-21,23,26-27,50H,4-17,19,22,24-25,28-49H2,1-3H3/b21-18-,23-20-,27-26-. The average Bonchev–Trinajstić information content (AvgIpc) is 3.23. The van der Waals surface area contributed by atoms with Gasteiger partial charge in [0.1, 0.15) is 13.2 Å². The molecule has 1 atom stereocenters. The molecule has 0 radical (unpaired) electrons. The second kappa shape index (κ2) is 48.3. The van der Waals surface area contributed by atoms with E-state index in [0.717, 1.165) is 83.5 Å². The molecule has 0 N–H and O–H groups in total. The van der Waals surface area contributed by atoms with E-state index in [1.807, 2.05) is 0 Å². The van der Waals surface area contributed by atoms with Crippen molar-refractivity contribution in [3.05, 3.63) is 36.5 Å². The molecule has 1 unspecified atom stereocenters. The summed E-state index contributed by atoms with van der Waals surface area (Å²) in [5.41, 5.74) is 0. The van der Waals surface area contributed by atoms with Crippen molar-refractivity contribution in [3.63, 3.8) is 0 Å². The van der Waals surface area contributed by atoms with Crippen molar-refractivity contribution in [2.75, 3.05) is 13.2 Å². The third-order valence-electron chi connectivity index (χ3n) is 11.1. The largest absolute Gasteiger partial charge is 0.462 e. The first-order chi connectivity index (χ1) is 29.0. The highest BCUT2D eigenvalue weighted by atomic mass is 16.6. The van der Waals surface area contributed by atoms with Crippen LogP contribution in [0.5, 0.6) is 0 Å². The fourth-order valence-electron chi connectivity index (χ4n) is 7.19. The number of esters is 3. The molecule has 0 rings (SSSR count). The van der Waals surface area contributed by atoms with Crippen LogP contribution in [0.25, 0.3) is 0 Å². The molecule has 0 amide bonds. The Morgan fingerprint density at radius 3 is 0.898 bits per heavy atom. The first-order valence-electron chi connectivity index (χ1n) is 25.5. The van der Waals surface area contributed by atoms with E-state index < -0.39 is 6.10 Å². The van der Waals surface area contributed by atoms with Crippen LogP contribution in [0.3, 0.4) is 0 Å². The molecule has 344 valence electrons. The summed E-state index contributed by atoms with van der Waals surface area (Å²) < 4.78 is 16.8. The monoisotopic (exact) mass is 829 g/mol. The third kappa shape index (κ3) is 46.5. The van der Waals surface area contributed by atoms with Crippen LogP contribution in [0.4, 0.5) is 0 Å². The summed E-state index contributed by atoms with van der Waals surface area (Å²) in [5, 5.41) is 0. The summed E-state index contributed by atoms with van der Waals surface area (Å²) in [4.78, 5) is 37.9. The lowest BCUT2D eigenvalue weighted by atomic mass is 10.1. The molecular weight excluding hydrogens is 733 g/mol. The minimum absolute atomic E-state index is 0.0811. The van der Waals surface area contributed by atoms with Crippen LogP contribution in [-0.4, -0.2) is 37.2 Å². The Balaban J connectivity index is 4.38. The van der Waals surface area contributed by atoms with Gasteiger partial charge in [0.2, 0.25) is 0 Å². The van der Waals surface area contributed by atoms with Crippen molar-refractivity contribution in [1.29, 1.82) is 0 Å². The molecule has 0 bridgehead atoms. The summed E-state index contributed by atoms with van der Waals surface area (Å²) >= 11 is 0. The third-order valence-corrected chi connectivity index (χ3v) is 11.1. The van der Waals surface area contributed by atoms with Gasteiger partial charge in [-0.3, -0.25) is 14.4 Å². The summed E-state index contributed by atoms with van der Waals surface area (Å²) in [6.45, 7) is 6.59. The second-order valence-electron chi connectivity index (χ2n) is 17.1. The summed E-state index contributed by atoms with van der Waals surface area (Å²) in [7, 11) is 0. The molecule has 0 aliphatic rings. The Morgan fingerprint density at radius 2 is 0.559 bits per heavy atom. The molecule has 0 saturated heterocycles. The van der Waals surface area contributed by atoms with Gasteiger partial charge in [-0.05, 0) is 96.3 Å². The maximum Gasteiger partial charge on any atom is 0.306 e. The zero-order valence-electron chi connectivity index (χ0n) is 39.3. The first-order valence-corrected chi connectivity index (χ1v) is 25.5. The van der Waals surface area contributed by atoms with E-state index in [1.54, 1.807) is 0 Å². The molecule has 59 heavy (non-hydrogen) atoms. The van der Waals surface area contributed by atoms with Gasteiger partial charge >= 0.3 is 17.9 Å². The predicted molar refractivity (Wildman–Crippen MR) is 252 cm³/mol. The Hall–Kier alpha value is -2.37. The van der Waals surface area contributed by atoms with E-state index in [-0.39, 0.29) is 31.1 Å². The Bertz CT molecular complexity index is 1000. The number of carbonyl (C=O) groups excluding carboxylic acids is 3. The molecule has 0 spiro atoms. The van der Waals surface area contributed by atoms with Crippen molar-refractivity contribution < 1.29 is 28.6 Å². The van der Waals surface area contributed by atoms with Crippen molar-refractivity contribution in [1.82, 2.24) is 0 Å². The fourth-order valence-corrected chi connectivity index (χ4v) is 7.19. The van der Waals surface area contributed by atoms with Crippen LogP contribution in [0, 0.1) is 0 Å². The van der Waals surface area contributed by atoms with Crippen LogP contribution in [-0.2, 0) is 28.6 Å². The van der Waals surface area contributed by atoms with Crippen molar-refractivity contribution in [2.45, 2.75) is 271 Å². The van der Waals surface area contributed by atoms with Gasteiger partial charge in [0.05, 0.1) is 0 Å². The lowest BCUT2D eigenvalue weighted by Crippen LogP contribution is -2.30. The maximum atomic E-state index is 12.8. The highest BCUT2D eigenvalue weighted by Crippen LogP contribution is 2.14. The van der Waals surface area contributed by atoms with E-state index in [9.17, 15) is 14.4 Å². The smallest absolute Gasteiger partial charge is 0.306 e. The van der Waals surface area contributed by atoms with Crippen LogP contribution in [0.2, 0.25) is 0 Å². The SMILES string of the molecule is CCCCC/C=C\CCCCCCCC(=O)OCC(COC(=O)CCCCCCC/C=C\CCCCCCCCC)OC(=O)CCCCCCC/C=C\CCCCCC. The maximum absolute atomic E-state index is 12.8. The molecule has 0 heterocycles. The minimum atomic E-state index is -0.780. The van der Waals surface area contributed by atoms with Gasteiger partial charge < -0.3 is 14.2 Å². The topological polar surface area (TPSA) is 78.9 Å². The van der Waals surface area contributed by atoms with Gasteiger partial charge in [-0.2, -0.15) is 0 Å². The first kappa shape index (κ1) is 56.6. The van der Waals surface area contributed by atoms with Crippen LogP contribution in [0.1, 0.15) is 265 Å². The quantitative estimate of drug-likeness (QED) is 0.0263. The molecule has 0 aromatic carbocycles.